The van der Waals surface area contributed by atoms with Gasteiger partial charge in [-0.3, -0.25) is 4.79 Å². The maximum atomic E-state index is 13.1. The molecule has 19 heavy (non-hydrogen) atoms. The molecule has 2 nitrogen and oxygen atoms in total. The summed E-state index contributed by atoms with van der Waals surface area (Å²) in [5, 5.41) is 2.78. The summed E-state index contributed by atoms with van der Waals surface area (Å²) in [6, 6.07) is 9.62. The van der Waals surface area contributed by atoms with Crippen molar-refractivity contribution in [2.45, 2.75) is 11.8 Å². The van der Waals surface area contributed by atoms with Crippen LogP contribution < -0.4 is 5.32 Å². The van der Waals surface area contributed by atoms with Gasteiger partial charge in [-0.15, -0.1) is 12.6 Å². The molecule has 0 aromatic heterocycles. The van der Waals surface area contributed by atoms with Crippen molar-refractivity contribution in [3.8, 4) is 0 Å². The Balaban J connectivity index is 2.23. The van der Waals surface area contributed by atoms with Gasteiger partial charge in [0.25, 0.3) is 5.91 Å². The van der Waals surface area contributed by atoms with Gasteiger partial charge < -0.3 is 5.32 Å². The Bertz CT molecular complexity index is 645. The maximum Gasteiger partial charge on any atom is 0.255 e. The van der Waals surface area contributed by atoms with Gasteiger partial charge in [-0.05, 0) is 48.9 Å². The lowest BCUT2D eigenvalue weighted by atomic mass is 10.1. The normalized spacial score (nSPS) is 10.3. The maximum absolute atomic E-state index is 13.1. The van der Waals surface area contributed by atoms with Crippen molar-refractivity contribution >= 4 is 40.2 Å². The molecule has 0 bridgehead atoms. The second-order valence-corrected chi connectivity index (χ2v) is 5.48. The van der Waals surface area contributed by atoms with Crippen molar-refractivity contribution < 1.29 is 9.18 Å². The first-order valence-electron chi connectivity index (χ1n) is 5.53. The van der Waals surface area contributed by atoms with Crippen LogP contribution in [0, 0.1) is 12.7 Å². The van der Waals surface area contributed by atoms with Crippen LogP contribution in [0.3, 0.4) is 0 Å². The van der Waals surface area contributed by atoms with E-state index in [1.165, 1.54) is 18.2 Å². The van der Waals surface area contributed by atoms with Gasteiger partial charge >= 0.3 is 0 Å². The zero-order valence-corrected chi connectivity index (χ0v) is 12.6. The van der Waals surface area contributed by atoms with Crippen molar-refractivity contribution in [1.29, 1.82) is 0 Å². The summed E-state index contributed by atoms with van der Waals surface area (Å²) in [4.78, 5) is 12.2. The van der Waals surface area contributed by atoms with Gasteiger partial charge in [0, 0.05) is 20.6 Å². The fourth-order valence-corrected chi connectivity index (χ4v) is 2.30. The lowest BCUT2D eigenvalue weighted by molar-refractivity contribution is 0.102. The van der Waals surface area contributed by atoms with Crippen LogP contribution in [0.15, 0.2) is 45.8 Å². The van der Waals surface area contributed by atoms with Gasteiger partial charge in [0.15, 0.2) is 0 Å². The first-order valence-corrected chi connectivity index (χ1v) is 6.77. The van der Waals surface area contributed by atoms with Crippen LogP contribution in [-0.4, -0.2) is 5.91 Å². The summed E-state index contributed by atoms with van der Waals surface area (Å²) in [5.74, 6) is -0.736. The van der Waals surface area contributed by atoms with Crippen LogP contribution >= 0.6 is 28.6 Å². The fraction of sp³-hybridized carbons (Fsp3) is 0.0714. The fourth-order valence-electron chi connectivity index (χ4n) is 1.62. The summed E-state index contributed by atoms with van der Waals surface area (Å²) in [6.45, 7) is 1.90. The Morgan fingerprint density at radius 1 is 1.26 bits per heavy atom. The summed E-state index contributed by atoms with van der Waals surface area (Å²) < 4.78 is 14.0. The smallest absolute Gasteiger partial charge is 0.255 e. The highest BCUT2D eigenvalue weighted by Gasteiger charge is 2.09. The van der Waals surface area contributed by atoms with Crippen LogP contribution in [0.25, 0.3) is 0 Å². The quantitative estimate of drug-likeness (QED) is 0.778. The third kappa shape index (κ3) is 3.36. The molecule has 0 heterocycles. The lowest BCUT2D eigenvalue weighted by Crippen LogP contribution is -2.12. The number of nitrogens with one attached hydrogen (secondary N) is 1. The molecule has 0 saturated carbocycles. The van der Waals surface area contributed by atoms with Crippen LogP contribution in [0.2, 0.25) is 0 Å². The molecule has 5 heteroatoms. The Morgan fingerprint density at radius 2 is 2.00 bits per heavy atom. The first-order chi connectivity index (χ1) is 8.97. The van der Waals surface area contributed by atoms with E-state index in [0.29, 0.717) is 5.56 Å². The highest BCUT2D eigenvalue weighted by Crippen LogP contribution is 2.21. The van der Waals surface area contributed by atoms with E-state index in [0.717, 1.165) is 15.7 Å². The highest BCUT2D eigenvalue weighted by atomic mass is 79.9. The van der Waals surface area contributed by atoms with Crippen LogP contribution in [0.4, 0.5) is 10.1 Å². The second-order valence-electron chi connectivity index (χ2n) is 4.08. The summed E-state index contributed by atoms with van der Waals surface area (Å²) in [6.07, 6.45) is 0. The molecular formula is C14H11BrFNOS. The molecule has 0 aliphatic heterocycles. The molecule has 0 aliphatic rings. The van der Waals surface area contributed by atoms with Gasteiger partial charge in [-0.2, -0.15) is 0 Å². The molecule has 2 aromatic rings. The molecular weight excluding hydrogens is 329 g/mol. The largest absolute Gasteiger partial charge is 0.322 e. The molecule has 0 saturated heterocycles. The predicted molar refractivity (Wildman–Crippen MR) is 80.5 cm³/mol. The number of halogens is 2. The lowest BCUT2D eigenvalue weighted by Gasteiger charge is -2.09. The van der Waals surface area contributed by atoms with Crippen LogP contribution in [0.5, 0.6) is 0 Å². The summed E-state index contributed by atoms with van der Waals surface area (Å²) in [5.41, 5.74) is 2.03. The number of carbonyl (C=O) groups is 1. The SMILES string of the molecule is Cc1cc(Br)ccc1NC(=O)c1ccc(F)c(S)c1. The minimum absolute atomic E-state index is 0.153. The van der Waals surface area contributed by atoms with Gasteiger partial charge in [-0.25, -0.2) is 4.39 Å². The van der Waals surface area contributed by atoms with E-state index >= 15 is 0 Å². The molecule has 1 amide bonds. The molecule has 1 N–H and O–H groups in total. The molecule has 2 aromatic carbocycles. The summed E-state index contributed by atoms with van der Waals surface area (Å²) >= 11 is 7.32. The number of aryl methyl sites for hydroxylation is 1. The summed E-state index contributed by atoms with van der Waals surface area (Å²) in [7, 11) is 0. The van der Waals surface area contributed by atoms with Crippen molar-refractivity contribution in [3.63, 3.8) is 0 Å². The number of benzene rings is 2. The number of rotatable bonds is 2. The van der Waals surface area contributed by atoms with Crippen LogP contribution in [-0.2, 0) is 0 Å². The molecule has 0 atom stereocenters. The molecule has 98 valence electrons. The van der Waals surface area contributed by atoms with Gasteiger partial charge in [0.2, 0.25) is 0 Å². The molecule has 0 unspecified atom stereocenters. The van der Waals surface area contributed by atoms with Gasteiger partial charge in [-0.1, -0.05) is 15.9 Å². The monoisotopic (exact) mass is 339 g/mol. The van der Waals surface area contributed by atoms with E-state index < -0.39 is 5.82 Å². The Labute approximate surface area is 124 Å². The van der Waals surface area contributed by atoms with Crippen molar-refractivity contribution in [1.82, 2.24) is 0 Å². The minimum atomic E-state index is -0.445. The van der Waals surface area contributed by atoms with E-state index in [9.17, 15) is 9.18 Å². The standard InChI is InChI=1S/C14H11BrFNOS/c1-8-6-10(15)3-5-12(8)17-14(18)9-2-4-11(16)13(19)7-9/h2-7,19H,1H3,(H,17,18). The zero-order valence-electron chi connectivity index (χ0n) is 10.1. The second kappa shape index (κ2) is 5.75. The topological polar surface area (TPSA) is 29.1 Å². The first kappa shape index (κ1) is 14.1. The predicted octanol–water partition coefficient (Wildman–Crippen LogP) is 4.44. The van der Waals surface area contributed by atoms with Crippen molar-refractivity contribution in [2.24, 2.45) is 0 Å². The number of hydrogen-bond acceptors (Lipinski definition) is 2. The molecule has 0 fully saturated rings. The molecule has 0 spiro atoms. The molecule has 0 aliphatic carbocycles. The minimum Gasteiger partial charge on any atom is -0.322 e. The number of hydrogen-bond donors (Lipinski definition) is 2. The number of thiol groups is 1. The number of amides is 1. The van der Waals surface area contributed by atoms with Crippen molar-refractivity contribution in [2.75, 3.05) is 5.32 Å². The van der Waals surface area contributed by atoms with E-state index in [4.69, 9.17) is 0 Å². The third-order valence-electron chi connectivity index (χ3n) is 2.64. The third-order valence-corrected chi connectivity index (χ3v) is 3.48. The van der Waals surface area contributed by atoms with E-state index in [-0.39, 0.29) is 10.8 Å². The Hall–Kier alpha value is -1.33. The average molecular weight is 340 g/mol. The van der Waals surface area contributed by atoms with E-state index in [1.807, 2.05) is 25.1 Å². The average Bonchev–Trinajstić information content (AvgIpc) is 2.36. The van der Waals surface area contributed by atoms with E-state index in [2.05, 4.69) is 33.9 Å². The van der Waals surface area contributed by atoms with Gasteiger partial charge in [0.1, 0.15) is 5.82 Å². The Kier molecular flexibility index (Phi) is 4.27. The van der Waals surface area contributed by atoms with E-state index in [1.54, 1.807) is 0 Å². The zero-order chi connectivity index (χ0) is 14.0. The molecule has 0 radical (unpaired) electrons. The Morgan fingerprint density at radius 3 is 2.63 bits per heavy atom. The van der Waals surface area contributed by atoms with Gasteiger partial charge in [0.05, 0.1) is 0 Å². The van der Waals surface area contributed by atoms with Crippen molar-refractivity contribution in [3.05, 3.63) is 57.8 Å². The van der Waals surface area contributed by atoms with Crippen LogP contribution in [0.1, 0.15) is 15.9 Å². The number of anilines is 1. The highest BCUT2D eigenvalue weighted by molar-refractivity contribution is 9.10. The molecule has 2 rings (SSSR count). The number of carbonyl (C=O) groups excluding carboxylic acids is 1.